The molecule has 0 bridgehead atoms. The summed E-state index contributed by atoms with van der Waals surface area (Å²) in [5.41, 5.74) is 3.25. The van der Waals surface area contributed by atoms with Crippen LogP contribution in [0.15, 0.2) is 66.7 Å². The molecule has 0 N–H and O–H groups in total. The van der Waals surface area contributed by atoms with Crippen LogP contribution in [0.5, 0.6) is 0 Å². The monoisotopic (exact) mass is 421 g/mol. The summed E-state index contributed by atoms with van der Waals surface area (Å²) >= 11 is 0. The number of nitrogens with zero attached hydrogens (tertiary/aromatic N) is 1. The third-order valence-electron chi connectivity index (χ3n) is 5.98. The molecule has 1 amide bonds. The summed E-state index contributed by atoms with van der Waals surface area (Å²) in [5.74, 6) is 0.194. The second kappa shape index (κ2) is 8.60. The van der Waals surface area contributed by atoms with Crippen LogP contribution in [0.3, 0.4) is 0 Å². The lowest BCUT2D eigenvalue weighted by Crippen LogP contribution is -2.41. The van der Waals surface area contributed by atoms with Gasteiger partial charge in [0.25, 0.3) is 0 Å². The van der Waals surface area contributed by atoms with E-state index in [0.29, 0.717) is 13.0 Å². The van der Waals surface area contributed by atoms with Crippen molar-refractivity contribution in [1.82, 2.24) is 4.90 Å². The molecule has 0 radical (unpaired) electrons. The molecule has 5 heteroatoms. The molecule has 1 fully saturated rings. The van der Waals surface area contributed by atoms with Gasteiger partial charge in [-0.05, 0) is 40.3 Å². The molecular formula is C25H27NO3S. The Morgan fingerprint density at radius 1 is 0.967 bits per heavy atom. The summed E-state index contributed by atoms with van der Waals surface area (Å²) in [7, 11) is -3.08. The Hall–Kier alpha value is -2.66. The van der Waals surface area contributed by atoms with Crippen molar-refractivity contribution in [2.75, 3.05) is 11.5 Å². The molecule has 1 aliphatic heterocycles. The van der Waals surface area contributed by atoms with Gasteiger partial charge in [-0.3, -0.25) is 4.79 Å². The molecule has 1 atom stereocenters. The van der Waals surface area contributed by atoms with Gasteiger partial charge in [-0.2, -0.15) is 0 Å². The molecule has 4 nitrogen and oxygen atoms in total. The van der Waals surface area contributed by atoms with Crippen LogP contribution in [0, 0.1) is 0 Å². The average molecular weight is 422 g/mol. The molecule has 156 valence electrons. The molecule has 1 aliphatic rings. The Labute approximate surface area is 178 Å². The first-order valence-corrected chi connectivity index (χ1v) is 12.3. The van der Waals surface area contributed by atoms with Crippen molar-refractivity contribution in [3.8, 4) is 0 Å². The van der Waals surface area contributed by atoms with Crippen LogP contribution in [0.1, 0.15) is 30.0 Å². The van der Waals surface area contributed by atoms with Gasteiger partial charge in [0.05, 0.1) is 17.9 Å². The summed E-state index contributed by atoms with van der Waals surface area (Å²) < 4.78 is 24.2. The number of rotatable bonds is 6. The van der Waals surface area contributed by atoms with Crippen molar-refractivity contribution < 1.29 is 13.2 Å². The lowest BCUT2D eigenvalue weighted by Gasteiger charge is -2.29. The number of aryl methyl sites for hydroxylation is 1. The molecule has 0 aliphatic carbocycles. The SMILES string of the molecule is CCc1ccc(CN(C(=O)Cc2cccc3ccccc23)C2CCS(=O)(=O)C2)cc1. The smallest absolute Gasteiger partial charge is 0.227 e. The quantitative estimate of drug-likeness (QED) is 0.601. The van der Waals surface area contributed by atoms with E-state index < -0.39 is 9.84 Å². The zero-order valence-corrected chi connectivity index (χ0v) is 18.1. The number of carbonyl (C=O) groups is 1. The van der Waals surface area contributed by atoms with Gasteiger partial charge in [0.15, 0.2) is 9.84 Å². The molecule has 1 heterocycles. The number of hydrogen-bond acceptors (Lipinski definition) is 3. The minimum atomic E-state index is -3.08. The van der Waals surface area contributed by atoms with Crippen LogP contribution in [0.4, 0.5) is 0 Å². The van der Waals surface area contributed by atoms with Gasteiger partial charge in [0, 0.05) is 12.6 Å². The second-order valence-corrected chi connectivity index (χ2v) is 10.3. The highest BCUT2D eigenvalue weighted by Gasteiger charge is 2.34. The molecule has 30 heavy (non-hydrogen) atoms. The largest absolute Gasteiger partial charge is 0.334 e. The highest BCUT2D eigenvalue weighted by atomic mass is 32.2. The van der Waals surface area contributed by atoms with E-state index in [9.17, 15) is 13.2 Å². The van der Waals surface area contributed by atoms with Crippen molar-refractivity contribution in [3.05, 3.63) is 83.4 Å². The van der Waals surface area contributed by atoms with E-state index in [1.54, 1.807) is 4.90 Å². The van der Waals surface area contributed by atoms with Gasteiger partial charge in [-0.1, -0.05) is 73.7 Å². The number of amides is 1. The number of sulfone groups is 1. The minimum absolute atomic E-state index is 0.0204. The van der Waals surface area contributed by atoms with Crippen molar-refractivity contribution in [3.63, 3.8) is 0 Å². The summed E-state index contributed by atoms with van der Waals surface area (Å²) in [6.07, 6.45) is 1.74. The molecule has 4 rings (SSSR count). The average Bonchev–Trinajstić information content (AvgIpc) is 3.12. The van der Waals surface area contributed by atoms with E-state index in [-0.39, 0.29) is 29.9 Å². The van der Waals surface area contributed by atoms with Crippen molar-refractivity contribution in [2.24, 2.45) is 0 Å². The normalized spacial score (nSPS) is 17.8. The lowest BCUT2D eigenvalue weighted by molar-refractivity contribution is -0.133. The fourth-order valence-corrected chi connectivity index (χ4v) is 5.96. The second-order valence-electron chi connectivity index (χ2n) is 8.06. The number of carbonyl (C=O) groups excluding carboxylic acids is 1. The fourth-order valence-electron chi connectivity index (χ4n) is 4.23. The minimum Gasteiger partial charge on any atom is -0.334 e. The molecule has 3 aromatic rings. The first kappa shape index (κ1) is 20.6. The van der Waals surface area contributed by atoms with Gasteiger partial charge in [0.1, 0.15) is 0 Å². The van der Waals surface area contributed by atoms with Crippen molar-refractivity contribution >= 4 is 26.5 Å². The summed E-state index contributed by atoms with van der Waals surface area (Å²) in [6.45, 7) is 2.55. The van der Waals surface area contributed by atoms with Crippen LogP contribution < -0.4 is 0 Å². The Morgan fingerprint density at radius 2 is 1.67 bits per heavy atom. The standard InChI is InChI=1S/C25H27NO3S/c1-2-19-10-12-20(13-11-19)17-26(23-14-15-30(28,29)18-23)25(27)16-22-8-5-7-21-6-3-4-9-24(21)22/h3-13,23H,2,14-18H2,1H3. The van der Waals surface area contributed by atoms with Gasteiger partial charge >= 0.3 is 0 Å². The molecule has 3 aromatic carbocycles. The Morgan fingerprint density at radius 3 is 2.37 bits per heavy atom. The summed E-state index contributed by atoms with van der Waals surface area (Å²) in [4.78, 5) is 15.2. The van der Waals surface area contributed by atoms with Crippen LogP contribution in [-0.2, 0) is 34.0 Å². The maximum Gasteiger partial charge on any atom is 0.227 e. The van der Waals surface area contributed by atoms with Crippen molar-refractivity contribution in [1.29, 1.82) is 0 Å². The van der Waals surface area contributed by atoms with Gasteiger partial charge in [-0.25, -0.2) is 8.42 Å². The maximum atomic E-state index is 13.4. The van der Waals surface area contributed by atoms with Gasteiger partial charge in [-0.15, -0.1) is 0 Å². The predicted molar refractivity (Wildman–Crippen MR) is 121 cm³/mol. The Bertz CT molecular complexity index is 1150. The van der Waals surface area contributed by atoms with Crippen LogP contribution in [0.2, 0.25) is 0 Å². The number of hydrogen-bond donors (Lipinski definition) is 0. The zero-order valence-electron chi connectivity index (χ0n) is 17.3. The van der Waals surface area contributed by atoms with E-state index in [0.717, 1.165) is 28.3 Å². The first-order valence-electron chi connectivity index (χ1n) is 10.5. The Kier molecular flexibility index (Phi) is 5.91. The lowest BCUT2D eigenvalue weighted by atomic mass is 10.0. The van der Waals surface area contributed by atoms with Gasteiger partial charge in [0.2, 0.25) is 5.91 Å². The van der Waals surface area contributed by atoms with Gasteiger partial charge < -0.3 is 4.90 Å². The Balaban J connectivity index is 1.61. The van der Waals surface area contributed by atoms with Crippen molar-refractivity contribution in [2.45, 2.75) is 38.8 Å². The summed E-state index contributed by atoms with van der Waals surface area (Å²) in [5, 5.41) is 2.17. The zero-order chi connectivity index (χ0) is 21.1. The molecule has 0 saturated carbocycles. The van der Waals surface area contributed by atoms with E-state index in [1.165, 1.54) is 5.56 Å². The van der Waals surface area contributed by atoms with Crippen LogP contribution in [-0.4, -0.2) is 36.8 Å². The highest BCUT2D eigenvalue weighted by molar-refractivity contribution is 7.91. The van der Waals surface area contributed by atoms with E-state index in [1.807, 2.05) is 54.6 Å². The summed E-state index contributed by atoms with van der Waals surface area (Å²) in [6, 6.07) is 22.0. The molecular weight excluding hydrogens is 394 g/mol. The topological polar surface area (TPSA) is 54.5 Å². The van der Waals surface area contributed by atoms with E-state index in [2.05, 4.69) is 19.1 Å². The predicted octanol–water partition coefficient (Wildman–Crippen LogP) is 4.16. The van der Waals surface area contributed by atoms with E-state index >= 15 is 0 Å². The third-order valence-corrected chi connectivity index (χ3v) is 7.73. The number of benzene rings is 3. The first-order chi connectivity index (χ1) is 14.4. The molecule has 1 unspecified atom stereocenters. The highest BCUT2D eigenvalue weighted by Crippen LogP contribution is 2.24. The molecule has 0 aromatic heterocycles. The van der Waals surface area contributed by atoms with Crippen LogP contribution in [0.25, 0.3) is 10.8 Å². The molecule has 1 saturated heterocycles. The van der Waals surface area contributed by atoms with E-state index in [4.69, 9.17) is 0 Å². The maximum absolute atomic E-state index is 13.4. The molecule has 0 spiro atoms. The third kappa shape index (κ3) is 4.57. The van der Waals surface area contributed by atoms with Crippen LogP contribution >= 0.6 is 0 Å². The number of fused-ring (bicyclic) bond motifs is 1. The fraction of sp³-hybridized carbons (Fsp3) is 0.320.